The van der Waals surface area contributed by atoms with Crippen LogP contribution in [-0.2, 0) is 11.3 Å². The van der Waals surface area contributed by atoms with Gasteiger partial charge in [-0.1, -0.05) is 19.9 Å². The Morgan fingerprint density at radius 2 is 1.76 bits per heavy atom. The zero-order valence-electron chi connectivity index (χ0n) is 13.4. The molecule has 1 aliphatic rings. The molecule has 0 radical (unpaired) electrons. The first-order valence-electron chi connectivity index (χ1n) is 7.81. The van der Waals surface area contributed by atoms with Gasteiger partial charge in [0.05, 0.1) is 6.61 Å². The lowest BCUT2D eigenvalue weighted by atomic mass is 10.0. The molecule has 0 aromatic heterocycles. The van der Waals surface area contributed by atoms with Gasteiger partial charge in [-0.05, 0) is 29.2 Å². The van der Waals surface area contributed by atoms with Crippen molar-refractivity contribution < 1.29 is 9.13 Å². The van der Waals surface area contributed by atoms with Gasteiger partial charge >= 0.3 is 0 Å². The number of ether oxygens (including phenoxy) is 1. The van der Waals surface area contributed by atoms with Crippen molar-refractivity contribution in [1.82, 2.24) is 9.80 Å². The molecule has 0 amide bonds. The van der Waals surface area contributed by atoms with E-state index in [4.69, 9.17) is 4.74 Å². The minimum absolute atomic E-state index is 0.116. The normalized spacial score (nSPS) is 17.6. The topological polar surface area (TPSA) is 15.7 Å². The van der Waals surface area contributed by atoms with E-state index < -0.39 is 0 Å². The van der Waals surface area contributed by atoms with Crippen LogP contribution in [0.25, 0.3) is 0 Å². The van der Waals surface area contributed by atoms with Gasteiger partial charge in [0.2, 0.25) is 0 Å². The molecule has 0 atom stereocenters. The summed E-state index contributed by atoms with van der Waals surface area (Å²) in [5.74, 6) is 0.250. The maximum absolute atomic E-state index is 13.7. The van der Waals surface area contributed by atoms with Crippen LogP contribution in [0, 0.1) is 5.82 Å². The molecule has 4 heteroatoms. The molecule has 2 rings (SSSR count). The van der Waals surface area contributed by atoms with Crippen molar-refractivity contribution in [2.75, 3.05) is 46.4 Å². The van der Waals surface area contributed by atoms with Crippen LogP contribution >= 0.6 is 0 Å². The number of hydrogen-bond donors (Lipinski definition) is 0. The Bertz CT molecular complexity index is 442. The smallest absolute Gasteiger partial charge is 0.123 e. The molecule has 0 N–H and O–H groups in total. The number of halogens is 1. The molecule has 0 bridgehead atoms. The summed E-state index contributed by atoms with van der Waals surface area (Å²) >= 11 is 0. The highest BCUT2D eigenvalue weighted by Crippen LogP contribution is 2.19. The van der Waals surface area contributed by atoms with Gasteiger partial charge in [0.1, 0.15) is 5.82 Å². The third kappa shape index (κ3) is 5.06. The maximum atomic E-state index is 13.7. The van der Waals surface area contributed by atoms with E-state index in [1.807, 2.05) is 0 Å². The second-order valence-electron chi connectivity index (χ2n) is 6.16. The number of rotatable bonds is 6. The third-order valence-corrected chi connectivity index (χ3v) is 4.13. The molecular formula is C17H27FN2O. The van der Waals surface area contributed by atoms with E-state index in [0.717, 1.165) is 57.0 Å². The van der Waals surface area contributed by atoms with Crippen molar-refractivity contribution in [2.45, 2.75) is 26.3 Å². The summed E-state index contributed by atoms with van der Waals surface area (Å²) in [6.45, 7) is 11.1. The molecule has 0 saturated carbocycles. The lowest BCUT2D eigenvalue weighted by Crippen LogP contribution is -2.46. The Balaban J connectivity index is 1.88. The zero-order valence-corrected chi connectivity index (χ0v) is 13.4. The van der Waals surface area contributed by atoms with Crippen molar-refractivity contribution in [3.8, 4) is 0 Å². The fourth-order valence-corrected chi connectivity index (χ4v) is 2.75. The van der Waals surface area contributed by atoms with Gasteiger partial charge in [0.15, 0.2) is 0 Å². The summed E-state index contributed by atoms with van der Waals surface area (Å²) in [4.78, 5) is 4.83. The number of methoxy groups -OCH3 is 1. The Hall–Kier alpha value is -0.970. The Morgan fingerprint density at radius 3 is 2.38 bits per heavy atom. The maximum Gasteiger partial charge on any atom is 0.123 e. The van der Waals surface area contributed by atoms with Crippen LogP contribution in [0.15, 0.2) is 18.2 Å². The van der Waals surface area contributed by atoms with E-state index in [1.165, 1.54) is 0 Å². The molecular weight excluding hydrogens is 267 g/mol. The second kappa shape index (κ2) is 7.87. The predicted octanol–water partition coefficient (Wildman–Crippen LogP) is 2.71. The van der Waals surface area contributed by atoms with Crippen molar-refractivity contribution in [3.05, 3.63) is 35.1 Å². The highest BCUT2D eigenvalue weighted by atomic mass is 19.1. The van der Waals surface area contributed by atoms with E-state index in [1.54, 1.807) is 19.2 Å². The number of piperazine rings is 1. The molecule has 1 fully saturated rings. The van der Waals surface area contributed by atoms with Gasteiger partial charge in [-0.15, -0.1) is 0 Å². The number of benzene rings is 1. The first-order chi connectivity index (χ1) is 10.1. The lowest BCUT2D eigenvalue weighted by Gasteiger charge is -2.34. The largest absolute Gasteiger partial charge is 0.383 e. The summed E-state index contributed by atoms with van der Waals surface area (Å²) in [6, 6.07) is 5.46. The molecule has 1 saturated heterocycles. The molecule has 1 aromatic carbocycles. The average Bonchev–Trinajstić information content (AvgIpc) is 2.46. The molecule has 3 nitrogen and oxygen atoms in total. The van der Waals surface area contributed by atoms with Crippen LogP contribution in [0.4, 0.5) is 4.39 Å². The lowest BCUT2D eigenvalue weighted by molar-refractivity contribution is 0.0937. The SMILES string of the molecule is COCCN1CCN(Cc2cc(F)cc(C(C)C)c2)CC1. The van der Waals surface area contributed by atoms with Gasteiger partial charge in [-0.2, -0.15) is 0 Å². The van der Waals surface area contributed by atoms with Crippen LogP contribution in [0.3, 0.4) is 0 Å². The van der Waals surface area contributed by atoms with Gasteiger partial charge in [-0.25, -0.2) is 4.39 Å². The molecule has 1 heterocycles. The highest BCUT2D eigenvalue weighted by molar-refractivity contribution is 5.26. The van der Waals surface area contributed by atoms with Crippen LogP contribution in [0.2, 0.25) is 0 Å². The Morgan fingerprint density at radius 1 is 1.10 bits per heavy atom. The quantitative estimate of drug-likeness (QED) is 0.802. The van der Waals surface area contributed by atoms with Crippen molar-refractivity contribution >= 4 is 0 Å². The van der Waals surface area contributed by atoms with Crippen molar-refractivity contribution in [3.63, 3.8) is 0 Å². The zero-order chi connectivity index (χ0) is 15.2. The minimum Gasteiger partial charge on any atom is -0.383 e. The van der Waals surface area contributed by atoms with Gasteiger partial charge in [0, 0.05) is 46.4 Å². The minimum atomic E-state index is -0.116. The van der Waals surface area contributed by atoms with Crippen molar-refractivity contribution in [2.24, 2.45) is 0 Å². The number of hydrogen-bond acceptors (Lipinski definition) is 3. The van der Waals surface area contributed by atoms with Crippen molar-refractivity contribution in [1.29, 1.82) is 0 Å². The van der Waals surface area contributed by atoms with E-state index >= 15 is 0 Å². The first-order valence-corrected chi connectivity index (χ1v) is 7.81. The summed E-state index contributed by atoms with van der Waals surface area (Å²) in [5, 5.41) is 0. The van der Waals surface area contributed by atoms with E-state index in [9.17, 15) is 4.39 Å². The summed E-state index contributed by atoms with van der Waals surface area (Å²) < 4.78 is 18.8. The fourth-order valence-electron chi connectivity index (χ4n) is 2.75. The Kier molecular flexibility index (Phi) is 6.15. The summed E-state index contributed by atoms with van der Waals surface area (Å²) in [5.41, 5.74) is 2.17. The molecule has 118 valence electrons. The monoisotopic (exact) mass is 294 g/mol. The first kappa shape index (κ1) is 16.4. The van der Waals surface area contributed by atoms with Gasteiger partial charge in [-0.3, -0.25) is 9.80 Å². The molecule has 1 aromatic rings. The molecule has 0 spiro atoms. The average molecular weight is 294 g/mol. The van der Waals surface area contributed by atoms with E-state index in [-0.39, 0.29) is 5.82 Å². The van der Waals surface area contributed by atoms with Gasteiger partial charge < -0.3 is 4.74 Å². The van der Waals surface area contributed by atoms with E-state index in [0.29, 0.717) is 5.92 Å². The predicted molar refractivity (Wildman–Crippen MR) is 84.1 cm³/mol. The third-order valence-electron chi connectivity index (χ3n) is 4.13. The molecule has 21 heavy (non-hydrogen) atoms. The fraction of sp³-hybridized carbons (Fsp3) is 0.647. The Labute approximate surface area is 127 Å². The van der Waals surface area contributed by atoms with Crippen LogP contribution in [0.1, 0.15) is 30.9 Å². The van der Waals surface area contributed by atoms with Crippen LogP contribution in [0.5, 0.6) is 0 Å². The second-order valence-corrected chi connectivity index (χ2v) is 6.16. The number of nitrogens with zero attached hydrogens (tertiary/aromatic N) is 2. The molecule has 1 aliphatic heterocycles. The summed E-state index contributed by atoms with van der Waals surface area (Å²) in [7, 11) is 1.74. The highest BCUT2D eigenvalue weighted by Gasteiger charge is 2.17. The van der Waals surface area contributed by atoms with Gasteiger partial charge in [0.25, 0.3) is 0 Å². The molecule has 0 aliphatic carbocycles. The molecule has 0 unspecified atom stereocenters. The van der Waals surface area contributed by atoms with Crippen LogP contribution in [-0.4, -0.2) is 56.2 Å². The standard InChI is InChI=1S/C17H27FN2O/c1-14(2)16-10-15(11-17(18)12-16)13-20-6-4-19(5-7-20)8-9-21-3/h10-12,14H,4-9,13H2,1-3H3. The summed E-state index contributed by atoms with van der Waals surface area (Å²) in [6.07, 6.45) is 0. The van der Waals surface area contributed by atoms with Crippen LogP contribution < -0.4 is 0 Å². The van der Waals surface area contributed by atoms with E-state index in [2.05, 4.69) is 29.7 Å².